The van der Waals surface area contributed by atoms with Gasteiger partial charge in [-0.1, -0.05) is 0 Å². The second kappa shape index (κ2) is 2.79. The van der Waals surface area contributed by atoms with Crippen LogP contribution in [0, 0.1) is 6.92 Å². The molecule has 0 N–H and O–H groups in total. The SMILES string of the molecule is Cc1nc2c(s1)C1CCN(CC1)C2. The van der Waals surface area contributed by atoms with Gasteiger partial charge in [0, 0.05) is 11.4 Å². The Morgan fingerprint density at radius 1 is 1.38 bits per heavy atom. The number of thiazole rings is 1. The summed E-state index contributed by atoms with van der Waals surface area (Å²) in [5.74, 6) is 0.833. The lowest BCUT2D eigenvalue weighted by Gasteiger charge is -2.26. The molecule has 70 valence electrons. The van der Waals surface area contributed by atoms with E-state index in [0.717, 1.165) is 12.5 Å². The molecule has 1 aromatic heterocycles. The zero-order valence-electron chi connectivity index (χ0n) is 7.92. The standard InChI is InChI=1S/C10H14N2S/c1-7-11-9-6-12-4-2-8(3-5-12)10(9)13-7/h8H,2-6H2,1H3. The molecule has 13 heavy (non-hydrogen) atoms. The van der Waals surface area contributed by atoms with Gasteiger partial charge < -0.3 is 0 Å². The number of rotatable bonds is 0. The van der Waals surface area contributed by atoms with Crippen LogP contribution in [0.25, 0.3) is 0 Å². The number of piperidine rings is 1. The van der Waals surface area contributed by atoms with Gasteiger partial charge in [0.1, 0.15) is 0 Å². The maximum absolute atomic E-state index is 4.63. The van der Waals surface area contributed by atoms with Crippen molar-refractivity contribution < 1.29 is 0 Å². The quantitative estimate of drug-likeness (QED) is 0.629. The number of aromatic nitrogens is 1. The molecule has 1 aromatic rings. The van der Waals surface area contributed by atoms with Crippen molar-refractivity contribution in [1.29, 1.82) is 0 Å². The highest BCUT2D eigenvalue weighted by molar-refractivity contribution is 7.11. The Morgan fingerprint density at radius 2 is 2.15 bits per heavy atom. The third kappa shape index (κ3) is 1.22. The van der Waals surface area contributed by atoms with Crippen molar-refractivity contribution in [3.05, 3.63) is 15.6 Å². The topological polar surface area (TPSA) is 16.1 Å². The summed E-state index contributed by atoms with van der Waals surface area (Å²) >= 11 is 1.93. The Hall–Kier alpha value is -0.410. The van der Waals surface area contributed by atoms with E-state index >= 15 is 0 Å². The molecular formula is C10H14N2S. The molecule has 0 spiro atoms. The lowest BCUT2D eigenvalue weighted by atomic mass is 9.97. The van der Waals surface area contributed by atoms with E-state index in [2.05, 4.69) is 16.8 Å². The van der Waals surface area contributed by atoms with E-state index in [0.29, 0.717) is 0 Å². The van der Waals surface area contributed by atoms with E-state index in [4.69, 9.17) is 0 Å². The van der Waals surface area contributed by atoms with Crippen molar-refractivity contribution >= 4 is 11.3 Å². The maximum Gasteiger partial charge on any atom is 0.0900 e. The number of fused-ring (bicyclic) bond motifs is 2. The normalized spacial score (nSPS) is 31.5. The van der Waals surface area contributed by atoms with Gasteiger partial charge in [0.25, 0.3) is 0 Å². The van der Waals surface area contributed by atoms with Crippen LogP contribution in [0.15, 0.2) is 0 Å². The Bertz CT molecular complexity index is 324. The summed E-state index contributed by atoms with van der Waals surface area (Å²) in [6.07, 6.45) is 2.71. The van der Waals surface area contributed by atoms with Crippen LogP contribution in [-0.2, 0) is 6.54 Å². The number of hydrogen-bond donors (Lipinski definition) is 0. The van der Waals surface area contributed by atoms with E-state index in [9.17, 15) is 0 Å². The van der Waals surface area contributed by atoms with Crippen LogP contribution in [0.1, 0.15) is 34.3 Å². The summed E-state index contributed by atoms with van der Waals surface area (Å²) in [6, 6.07) is 0. The molecule has 0 amide bonds. The minimum absolute atomic E-state index is 0.833. The van der Waals surface area contributed by atoms with Crippen LogP contribution in [0.2, 0.25) is 0 Å². The first kappa shape index (κ1) is 7.94. The molecule has 0 atom stereocenters. The third-order valence-corrected chi connectivity index (χ3v) is 4.34. The molecule has 0 radical (unpaired) electrons. The first-order chi connectivity index (χ1) is 6.33. The number of aryl methyl sites for hydroxylation is 1. The van der Waals surface area contributed by atoms with Crippen molar-refractivity contribution in [2.45, 2.75) is 32.2 Å². The highest BCUT2D eigenvalue weighted by atomic mass is 32.1. The van der Waals surface area contributed by atoms with Crippen LogP contribution < -0.4 is 0 Å². The first-order valence-corrected chi connectivity index (χ1v) is 5.83. The van der Waals surface area contributed by atoms with Gasteiger partial charge in [-0.25, -0.2) is 4.98 Å². The second-order valence-electron chi connectivity index (χ2n) is 4.09. The van der Waals surface area contributed by atoms with Crippen LogP contribution >= 0.6 is 11.3 Å². The molecule has 3 heteroatoms. The Balaban J connectivity index is 2.08. The predicted octanol–water partition coefficient (Wildman–Crippen LogP) is 2.14. The van der Waals surface area contributed by atoms with Crippen molar-refractivity contribution in [2.24, 2.45) is 0 Å². The van der Waals surface area contributed by atoms with Gasteiger partial charge in [-0.15, -0.1) is 11.3 Å². The van der Waals surface area contributed by atoms with Crippen LogP contribution in [0.5, 0.6) is 0 Å². The molecule has 2 bridgehead atoms. The highest BCUT2D eigenvalue weighted by Gasteiger charge is 2.29. The molecule has 3 aliphatic heterocycles. The molecule has 1 saturated heterocycles. The molecule has 4 rings (SSSR count). The number of hydrogen-bond acceptors (Lipinski definition) is 3. The summed E-state index contributed by atoms with van der Waals surface area (Å²) in [7, 11) is 0. The highest BCUT2D eigenvalue weighted by Crippen LogP contribution is 2.38. The fraction of sp³-hybridized carbons (Fsp3) is 0.700. The molecule has 1 fully saturated rings. The van der Waals surface area contributed by atoms with Crippen molar-refractivity contribution in [1.82, 2.24) is 9.88 Å². The Kier molecular flexibility index (Phi) is 1.70. The summed E-state index contributed by atoms with van der Waals surface area (Å²) < 4.78 is 0. The van der Waals surface area contributed by atoms with Gasteiger partial charge in [0.15, 0.2) is 0 Å². The van der Waals surface area contributed by atoms with Gasteiger partial charge in [0.2, 0.25) is 0 Å². The molecule has 2 nitrogen and oxygen atoms in total. The average molecular weight is 194 g/mol. The second-order valence-corrected chi connectivity index (χ2v) is 5.33. The van der Waals surface area contributed by atoms with Crippen molar-refractivity contribution in [3.8, 4) is 0 Å². The number of nitrogens with zero attached hydrogens (tertiary/aromatic N) is 2. The first-order valence-electron chi connectivity index (χ1n) is 5.01. The lowest BCUT2D eigenvalue weighted by molar-refractivity contribution is 0.219. The maximum atomic E-state index is 4.63. The third-order valence-electron chi connectivity index (χ3n) is 3.17. The van der Waals surface area contributed by atoms with E-state index in [1.807, 2.05) is 11.3 Å². The van der Waals surface area contributed by atoms with Gasteiger partial charge in [-0.3, -0.25) is 4.90 Å². The van der Waals surface area contributed by atoms with Gasteiger partial charge >= 0.3 is 0 Å². The van der Waals surface area contributed by atoms with E-state index < -0.39 is 0 Å². The molecule has 0 saturated carbocycles. The molecule has 0 unspecified atom stereocenters. The van der Waals surface area contributed by atoms with Crippen molar-refractivity contribution in [3.63, 3.8) is 0 Å². The molecule has 0 aliphatic carbocycles. The average Bonchev–Trinajstić information content (AvgIpc) is 2.33. The minimum atomic E-state index is 0.833. The zero-order chi connectivity index (χ0) is 8.84. The predicted molar refractivity (Wildman–Crippen MR) is 54.1 cm³/mol. The lowest BCUT2D eigenvalue weighted by Crippen LogP contribution is -2.28. The zero-order valence-corrected chi connectivity index (χ0v) is 8.73. The molecular weight excluding hydrogens is 180 g/mol. The van der Waals surface area contributed by atoms with Crippen LogP contribution in [0.4, 0.5) is 0 Å². The van der Waals surface area contributed by atoms with Gasteiger partial charge in [0.05, 0.1) is 10.7 Å². The van der Waals surface area contributed by atoms with E-state index in [1.54, 1.807) is 4.88 Å². The fourth-order valence-electron chi connectivity index (χ4n) is 2.48. The smallest absolute Gasteiger partial charge is 0.0900 e. The van der Waals surface area contributed by atoms with Crippen LogP contribution in [0.3, 0.4) is 0 Å². The summed E-state index contributed by atoms with van der Waals surface area (Å²) in [4.78, 5) is 8.77. The minimum Gasteiger partial charge on any atom is -0.297 e. The van der Waals surface area contributed by atoms with Crippen molar-refractivity contribution in [2.75, 3.05) is 13.1 Å². The Labute approximate surface area is 82.6 Å². The molecule has 4 heterocycles. The molecule has 3 aliphatic rings. The van der Waals surface area contributed by atoms with Gasteiger partial charge in [-0.2, -0.15) is 0 Å². The van der Waals surface area contributed by atoms with E-state index in [1.165, 1.54) is 36.6 Å². The van der Waals surface area contributed by atoms with Gasteiger partial charge in [-0.05, 0) is 38.8 Å². The largest absolute Gasteiger partial charge is 0.297 e. The van der Waals surface area contributed by atoms with E-state index in [-0.39, 0.29) is 0 Å². The summed E-state index contributed by atoms with van der Waals surface area (Å²) in [5, 5.41) is 1.25. The molecule has 0 aromatic carbocycles. The summed E-state index contributed by atoms with van der Waals surface area (Å²) in [5.41, 5.74) is 1.38. The summed E-state index contributed by atoms with van der Waals surface area (Å²) in [6.45, 7) is 5.80. The fourth-order valence-corrected chi connectivity index (χ4v) is 3.59. The monoisotopic (exact) mass is 194 g/mol. The Morgan fingerprint density at radius 3 is 2.92 bits per heavy atom. The van der Waals surface area contributed by atoms with Crippen LogP contribution in [-0.4, -0.2) is 23.0 Å².